The van der Waals surface area contributed by atoms with Crippen LogP contribution in [0, 0.1) is 46.3 Å². The van der Waals surface area contributed by atoms with Crippen molar-refractivity contribution in [2.45, 2.75) is 117 Å². The quantitative estimate of drug-likeness (QED) is 0.308. The van der Waals surface area contributed by atoms with Crippen LogP contribution < -0.4 is 10.6 Å². The number of esters is 1. The molecule has 3 N–H and O–H groups in total. The van der Waals surface area contributed by atoms with Crippen LogP contribution in [0.3, 0.4) is 0 Å². The Hall–Kier alpha value is -0.650. The monoisotopic (exact) mass is 490 g/mol. The van der Waals surface area contributed by atoms with Crippen LogP contribution in [0.2, 0.25) is 0 Å². The minimum Gasteiger partial charge on any atom is -0.469 e. The Morgan fingerprint density at radius 1 is 0.971 bits per heavy atom. The van der Waals surface area contributed by atoms with E-state index in [4.69, 9.17) is 4.74 Å². The van der Waals surface area contributed by atoms with Crippen molar-refractivity contribution in [3.05, 3.63) is 0 Å². The molecule has 4 rings (SSSR count). The zero-order chi connectivity index (χ0) is 25.4. The predicted molar refractivity (Wildman–Crippen MR) is 142 cm³/mol. The number of hydrogen-bond donors (Lipinski definition) is 3. The number of nitrogens with one attached hydrogen (secondary N) is 2. The molecule has 0 aromatic rings. The Balaban J connectivity index is 1.40. The lowest BCUT2D eigenvalue weighted by Gasteiger charge is -2.62. The lowest BCUT2D eigenvalue weighted by atomic mass is 9.43. The number of carbonyl (C=O) groups is 1. The summed E-state index contributed by atoms with van der Waals surface area (Å²) in [5, 5.41) is 18.8. The van der Waals surface area contributed by atoms with Gasteiger partial charge in [-0.25, -0.2) is 0 Å². The molecule has 4 saturated carbocycles. The highest BCUT2D eigenvalue weighted by Gasteiger charge is 2.62. The maximum atomic E-state index is 11.8. The van der Waals surface area contributed by atoms with Gasteiger partial charge in [0, 0.05) is 31.6 Å². The molecule has 3 unspecified atom stereocenters. The van der Waals surface area contributed by atoms with E-state index < -0.39 is 0 Å². The average molecular weight is 491 g/mol. The normalized spacial score (nSPS) is 43.8. The van der Waals surface area contributed by atoms with Crippen molar-refractivity contribution >= 4 is 5.97 Å². The van der Waals surface area contributed by atoms with Crippen molar-refractivity contribution in [2.75, 3.05) is 20.2 Å². The minimum absolute atomic E-state index is 0.0732. The fourth-order valence-electron chi connectivity index (χ4n) is 9.75. The van der Waals surface area contributed by atoms with E-state index in [0.717, 1.165) is 44.2 Å². The molecular weight excluding hydrogens is 436 g/mol. The summed E-state index contributed by atoms with van der Waals surface area (Å²) in [6.07, 6.45) is 11.2. The molecule has 0 aromatic carbocycles. The summed E-state index contributed by atoms with van der Waals surface area (Å²) >= 11 is 0. The number of methoxy groups -OCH3 is 1. The van der Waals surface area contributed by atoms with E-state index in [2.05, 4.69) is 45.3 Å². The zero-order valence-corrected chi connectivity index (χ0v) is 23.4. The Morgan fingerprint density at radius 3 is 2.40 bits per heavy atom. The molecule has 0 amide bonds. The van der Waals surface area contributed by atoms with Gasteiger partial charge in [-0.2, -0.15) is 0 Å². The molecular formula is C30H54N2O3. The molecule has 0 bridgehead atoms. The third kappa shape index (κ3) is 5.34. The molecule has 5 nitrogen and oxygen atoms in total. The van der Waals surface area contributed by atoms with Crippen LogP contribution in [0.1, 0.15) is 98.8 Å². The number of aliphatic hydroxyl groups is 1. The molecule has 0 spiro atoms. The van der Waals surface area contributed by atoms with Crippen LogP contribution >= 0.6 is 0 Å². The third-order valence-corrected chi connectivity index (χ3v) is 11.6. The number of fused-ring (bicyclic) bond motifs is 5. The van der Waals surface area contributed by atoms with E-state index in [-0.39, 0.29) is 17.5 Å². The Bertz CT molecular complexity index is 728. The van der Waals surface area contributed by atoms with Gasteiger partial charge in [-0.1, -0.05) is 34.6 Å². The van der Waals surface area contributed by atoms with Gasteiger partial charge in [0.1, 0.15) is 0 Å². The Kier molecular flexibility index (Phi) is 8.60. The van der Waals surface area contributed by atoms with Crippen LogP contribution in [0.15, 0.2) is 0 Å². The molecule has 10 atom stereocenters. The standard InChI is InChI=1S/C30H54N2O3/c1-19(2)31-15-16-32-21-11-13-30(5)25-12-14-29(4)23(20(3)7-10-28(34)35-6)8-9-24(29)22(25)18-27(33)26(30)17-21/h19-27,31-33H,7-18H2,1-6H3/t20-,21-,22?,23+,24?,25?,26+,27+,29+,30+/m0/s1. The first-order chi connectivity index (χ1) is 16.6. The third-order valence-electron chi connectivity index (χ3n) is 11.6. The van der Waals surface area contributed by atoms with E-state index in [1.165, 1.54) is 45.6 Å². The maximum Gasteiger partial charge on any atom is 0.305 e. The first-order valence-corrected chi connectivity index (χ1v) is 14.8. The Morgan fingerprint density at radius 2 is 1.69 bits per heavy atom. The summed E-state index contributed by atoms with van der Waals surface area (Å²) in [7, 11) is 1.50. The van der Waals surface area contributed by atoms with Crippen molar-refractivity contribution < 1.29 is 14.6 Å². The van der Waals surface area contributed by atoms with E-state index in [0.29, 0.717) is 47.6 Å². The van der Waals surface area contributed by atoms with Gasteiger partial charge in [-0.3, -0.25) is 4.79 Å². The van der Waals surface area contributed by atoms with Crippen LogP contribution in [-0.2, 0) is 9.53 Å². The first-order valence-electron chi connectivity index (χ1n) is 14.8. The SMILES string of the molecule is COC(=O)CC[C@H](C)[C@H]1CCC2C3C[C@@H](O)[C@H]4C[C@@H](NCCNC(C)C)CC[C@]4(C)C3CC[C@@]21C. The van der Waals surface area contributed by atoms with Crippen molar-refractivity contribution in [3.8, 4) is 0 Å². The molecule has 4 aliphatic rings. The van der Waals surface area contributed by atoms with Crippen molar-refractivity contribution in [1.82, 2.24) is 10.6 Å². The second-order valence-electron chi connectivity index (χ2n) is 13.6. The fraction of sp³-hybridized carbons (Fsp3) is 0.967. The van der Waals surface area contributed by atoms with Gasteiger partial charge in [-0.05, 0) is 104 Å². The summed E-state index contributed by atoms with van der Waals surface area (Å²) < 4.78 is 4.91. The molecule has 5 heteroatoms. The molecule has 0 aliphatic heterocycles. The van der Waals surface area contributed by atoms with Crippen molar-refractivity contribution in [1.29, 1.82) is 0 Å². The number of aliphatic hydroxyl groups excluding tert-OH is 1. The van der Waals surface area contributed by atoms with Gasteiger partial charge in [0.2, 0.25) is 0 Å². The minimum atomic E-state index is -0.155. The second kappa shape index (κ2) is 11.0. The average Bonchev–Trinajstić information content (AvgIpc) is 3.18. The molecule has 0 heterocycles. The zero-order valence-electron chi connectivity index (χ0n) is 23.4. The van der Waals surface area contributed by atoms with Gasteiger partial charge >= 0.3 is 5.97 Å². The molecule has 202 valence electrons. The summed E-state index contributed by atoms with van der Waals surface area (Å²) in [5.41, 5.74) is 0.647. The van der Waals surface area contributed by atoms with Gasteiger partial charge in [0.15, 0.2) is 0 Å². The number of ether oxygens (including phenoxy) is 1. The summed E-state index contributed by atoms with van der Waals surface area (Å²) in [6, 6.07) is 1.08. The van der Waals surface area contributed by atoms with E-state index in [9.17, 15) is 9.90 Å². The number of rotatable bonds is 9. The summed E-state index contributed by atoms with van der Waals surface area (Å²) in [4.78, 5) is 11.8. The van der Waals surface area contributed by atoms with Gasteiger partial charge < -0.3 is 20.5 Å². The van der Waals surface area contributed by atoms with E-state index in [1.54, 1.807) is 0 Å². The van der Waals surface area contributed by atoms with Crippen LogP contribution in [0.5, 0.6) is 0 Å². The summed E-state index contributed by atoms with van der Waals surface area (Å²) in [5.74, 6) is 3.79. The lowest BCUT2D eigenvalue weighted by Crippen LogP contribution is -2.59. The maximum absolute atomic E-state index is 11.8. The highest BCUT2D eigenvalue weighted by Crippen LogP contribution is 2.68. The summed E-state index contributed by atoms with van der Waals surface area (Å²) in [6.45, 7) is 13.9. The van der Waals surface area contributed by atoms with Crippen LogP contribution in [-0.4, -0.2) is 49.5 Å². The molecule has 35 heavy (non-hydrogen) atoms. The first kappa shape index (κ1) is 27.4. The highest BCUT2D eigenvalue weighted by molar-refractivity contribution is 5.69. The number of carbonyl (C=O) groups excluding carboxylic acids is 1. The Labute approximate surface area is 214 Å². The highest BCUT2D eigenvalue weighted by atomic mass is 16.5. The molecule has 4 fully saturated rings. The van der Waals surface area contributed by atoms with E-state index >= 15 is 0 Å². The number of hydrogen-bond acceptors (Lipinski definition) is 5. The lowest BCUT2D eigenvalue weighted by molar-refractivity contribution is -0.162. The second-order valence-corrected chi connectivity index (χ2v) is 13.6. The smallest absolute Gasteiger partial charge is 0.305 e. The van der Waals surface area contributed by atoms with Gasteiger partial charge in [0.05, 0.1) is 13.2 Å². The van der Waals surface area contributed by atoms with Crippen LogP contribution in [0.4, 0.5) is 0 Å². The largest absolute Gasteiger partial charge is 0.469 e. The predicted octanol–water partition coefficient (Wildman–Crippen LogP) is 5.16. The van der Waals surface area contributed by atoms with Gasteiger partial charge in [0.25, 0.3) is 0 Å². The van der Waals surface area contributed by atoms with E-state index in [1.807, 2.05) is 0 Å². The van der Waals surface area contributed by atoms with Crippen molar-refractivity contribution in [3.63, 3.8) is 0 Å². The van der Waals surface area contributed by atoms with Crippen molar-refractivity contribution in [2.24, 2.45) is 46.3 Å². The molecule has 0 aromatic heterocycles. The molecule has 0 saturated heterocycles. The van der Waals surface area contributed by atoms with Gasteiger partial charge in [-0.15, -0.1) is 0 Å². The molecule has 4 aliphatic carbocycles. The topological polar surface area (TPSA) is 70.6 Å². The fourth-order valence-corrected chi connectivity index (χ4v) is 9.75. The molecule has 0 radical (unpaired) electrons. The van der Waals surface area contributed by atoms with Crippen LogP contribution in [0.25, 0.3) is 0 Å².